The van der Waals surface area contributed by atoms with E-state index in [0.29, 0.717) is 0 Å². The second-order valence-electron chi connectivity index (χ2n) is 7.90. The fraction of sp³-hybridized carbons (Fsp3) is 0.360. The Kier molecular flexibility index (Phi) is 6.19. The van der Waals surface area contributed by atoms with Gasteiger partial charge in [0.25, 0.3) is 5.91 Å². The Morgan fingerprint density at radius 1 is 1.03 bits per heavy atom. The number of aliphatic imine (C=N–C) groups is 1. The Hall–Kier alpha value is -2.33. The maximum atomic E-state index is 13.3. The van der Waals surface area contributed by atoms with Crippen LogP contribution in [0.3, 0.4) is 0 Å². The molecule has 2 aromatic carbocycles. The van der Waals surface area contributed by atoms with Crippen molar-refractivity contribution in [3.63, 3.8) is 0 Å². The maximum absolute atomic E-state index is 13.3. The number of nitrogens with zero attached hydrogens (tertiary/aromatic N) is 2. The molecule has 0 bridgehead atoms. The highest BCUT2D eigenvalue weighted by atomic mass is 32.2. The molecule has 1 aliphatic carbocycles. The lowest BCUT2D eigenvalue weighted by atomic mass is 9.94. The molecule has 3 nitrogen and oxygen atoms in total. The van der Waals surface area contributed by atoms with Crippen molar-refractivity contribution in [1.29, 1.82) is 0 Å². The lowest BCUT2D eigenvalue weighted by Crippen LogP contribution is -2.40. The molecule has 1 saturated heterocycles. The lowest BCUT2D eigenvalue weighted by Gasteiger charge is -2.30. The number of hydrogen-bond acceptors (Lipinski definition) is 3. The largest absolute Gasteiger partial charge is 0.283 e. The van der Waals surface area contributed by atoms with Crippen molar-refractivity contribution in [1.82, 2.24) is 4.90 Å². The first-order chi connectivity index (χ1) is 14.1. The molecule has 4 heteroatoms. The third kappa shape index (κ3) is 4.64. The summed E-state index contributed by atoms with van der Waals surface area (Å²) < 4.78 is 0. The Labute approximate surface area is 177 Å². The van der Waals surface area contributed by atoms with Crippen LogP contribution in [0.2, 0.25) is 0 Å². The lowest BCUT2D eigenvalue weighted by molar-refractivity contribution is -0.124. The van der Waals surface area contributed by atoms with E-state index in [1.54, 1.807) is 0 Å². The van der Waals surface area contributed by atoms with Gasteiger partial charge in [0.15, 0.2) is 5.17 Å². The monoisotopic (exact) mass is 404 g/mol. The van der Waals surface area contributed by atoms with Crippen LogP contribution in [0.5, 0.6) is 0 Å². The summed E-state index contributed by atoms with van der Waals surface area (Å²) in [4.78, 5) is 21.0. The molecule has 2 aliphatic rings. The van der Waals surface area contributed by atoms with E-state index in [0.717, 1.165) is 40.6 Å². The van der Waals surface area contributed by atoms with E-state index in [1.807, 2.05) is 11.0 Å². The number of carbonyl (C=O) groups is 1. The van der Waals surface area contributed by atoms with Crippen LogP contribution < -0.4 is 0 Å². The van der Waals surface area contributed by atoms with Crippen LogP contribution >= 0.6 is 11.8 Å². The minimum absolute atomic E-state index is 0.103. The van der Waals surface area contributed by atoms with Gasteiger partial charge in [-0.05, 0) is 67.3 Å². The van der Waals surface area contributed by atoms with Gasteiger partial charge in [-0.25, -0.2) is 4.99 Å². The van der Waals surface area contributed by atoms with Crippen molar-refractivity contribution >= 4 is 34.6 Å². The van der Waals surface area contributed by atoms with Crippen molar-refractivity contribution in [2.24, 2.45) is 4.99 Å². The molecule has 0 unspecified atom stereocenters. The molecule has 0 radical (unpaired) electrons. The van der Waals surface area contributed by atoms with Crippen LogP contribution in [0.15, 0.2) is 58.4 Å². The number of thioether (sulfide) groups is 1. The quantitative estimate of drug-likeness (QED) is 0.545. The average molecular weight is 405 g/mol. The second kappa shape index (κ2) is 9.00. The molecule has 1 heterocycles. The van der Waals surface area contributed by atoms with Crippen LogP contribution in [-0.4, -0.2) is 22.0 Å². The molecule has 2 fully saturated rings. The summed E-state index contributed by atoms with van der Waals surface area (Å²) in [5.41, 5.74) is 4.49. The fourth-order valence-corrected chi connectivity index (χ4v) is 5.02. The predicted octanol–water partition coefficient (Wildman–Crippen LogP) is 6.49. The first-order valence-corrected chi connectivity index (χ1v) is 11.4. The normalized spacial score (nSPS) is 20.8. The molecule has 4 rings (SSSR count). The molecule has 29 heavy (non-hydrogen) atoms. The Bertz CT molecular complexity index is 922. The molecule has 150 valence electrons. The highest BCUT2D eigenvalue weighted by Crippen LogP contribution is 2.38. The molecule has 0 N–H and O–H groups in total. The molecule has 0 aromatic heterocycles. The van der Waals surface area contributed by atoms with Gasteiger partial charge in [-0.2, -0.15) is 0 Å². The second-order valence-corrected chi connectivity index (χ2v) is 8.91. The number of carbonyl (C=O) groups excluding carboxylic acids is 1. The van der Waals surface area contributed by atoms with E-state index in [-0.39, 0.29) is 11.9 Å². The van der Waals surface area contributed by atoms with E-state index in [9.17, 15) is 4.79 Å². The maximum Gasteiger partial charge on any atom is 0.267 e. The molecular formula is C25H28N2OS. The Morgan fingerprint density at radius 3 is 2.38 bits per heavy atom. The summed E-state index contributed by atoms with van der Waals surface area (Å²) in [6.45, 7) is 4.23. The number of amidine groups is 1. The molecule has 1 aliphatic heterocycles. The van der Waals surface area contributed by atoms with E-state index in [2.05, 4.69) is 62.4 Å². The zero-order valence-electron chi connectivity index (χ0n) is 17.2. The van der Waals surface area contributed by atoms with Crippen LogP contribution in [0.1, 0.15) is 55.7 Å². The summed E-state index contributed by atoms with van der Waals surface area (Å²) in [6.07, 6.45) is 8.80. The van der Waals surface area contributed by atoms with Crippen molar-refractivity contribution in [2.45, 2.75) is 58.4 Å². The molecule has 2 aromatic rings. The smallest absolute Gasteiger partial charge is 0.267 e. The summed E-state index contributed by atoms with van der Waals surface area (Å²) in [6, 6.07) is 16.9. The summed E-state index contributed by atoms with van der Waals surface area (Å²) >= 11 is 1.51. The van der Waals surface area contributed by atoms with Gasteiger partial charge in [0.2, 0.25) is 0 Å². The topological polar surface area (TPSA) is 32.7 Å². The van der Waals surface area contributed by atoms with E-state index < -0.39 is 0 Å². The van der Waals surface area contributed by atoms with Crippen LogP contribution in [0.4, 0.5) is 5.69 Å². The number of benzene rings is 2. The zero-order valence-corrected chi connectivity index (χ0v) is 18.0. The summed E-state index contributed by atoms with van der Waals surface area (Å²) in [5.74, 6) is 0.103. The number of hydrogen-bond donors (Lipinski definition) is 0. The molecule has 1 amide bonds. The number of aryl methyl sites for hydroxylation is 2. The minimum Gasteiger partial charge on any atom is -0.283 e. The van der Waals surface area contributed by atoms with Gasteiger partial charge >= 0.3 is 0 Å². The van der Waals surface area contributed by atoms with Crippen molar-refractivity contribution in [2.75, 3.05) is 0 Å². The van der Waals surface area contributed by atoms with Crippen molar-refractivity contribution < 1.29 is 4.79 Å². The zero-order chi connectivity index (χ0) is 20.2. The molecular weight excluding hydrogens is 376 g/mol. The fourth-order valence-electron chi connectivity index (χ4n) is 3.96. The highest BCUT2D eigenvalue weighted by Gasteiger charge is 2.38. The molecule has 1 saturated carbocycles. The van der Waals surface area contributed by atoms with Gasteiger partial charge in [-0.15, -0.1) is 0 Å². The Morgan fingerprint density at radius 2 is 1.72 bits per heavy atom. The SMILES string of the molecule is CCc1ccc(N=C2S/C(=C/c3ccc(C)cc3)C(=O)N2C2CCCCC2)cc1. The van der Waals surface area contributed by atoms with Gasteiger partial charge in [0, 0.05) is 6.04 Å². The van der Waals surface area contributed by atoms with Crippen molar-refractivity contribution in [3.8, 4) is 0 Å². The van der Waals surface area contributed by atoms with E-state index in [1.165, 1.54) is 42.2 Å². The average Bonchev–Trinajstić information content (AvgIpc) is 3.05. The van der Waals surface area contributed by atoms with Gasteiger partial charge in [-0.3, -0.25) is 9.69 Å². The van der Waals surface area contributed by atoms with Crippen LogP contribution in [-0.2, 0) is 11.2 Å². The molecule has 0 spiro atoms. The van der Waals surface area contributed by atoms with Gasteiger partial charge < -0.3 is 0 Å². The van der Waals surface area contributed by atoms with E-state index >= 15 is 0 Å². The van der Waals surface area contributed by atoms with Gasteiger partial charge in [-0.1, -0.05) is 68.1 Å². The highest BCUT2D eigenvalue weighted by molar-refractivity contribution is 8.18. The first-order valence-electron chi connectivity index (χ1n) is 10.6. The van der Waals surface area contributed by atoms with E-state index in [4.69, 9.17) is 4.99 Å². The predicted molar refractivity (Wildman–Crippen MR) is 123 cm³/mol. The summed E-state index contributed by atoms with van der Waals surface area (Å²) in [5, 5.41) is 0.824. The van der Waals surface area contributed by atoms with Gasteiger partial charge in [0.1, 0.15) is 0 Å². The number of amides is 1. The third-order valence-corrected chi connectivity index (χ3v) is 6.70. The standard InChI is InChI=1S/C25H28N2OS/c1-3-19-13-15-21(16-14-19)26-25-27(22-7-5-4-6-8-22)24(28)23(29-25)17-20-11-9-18(2)10-12-20/h9-17,22H,3-8H2,1-2H3/b23-17+,26-25?. The molecule has 0 atom stereocenters. The Balaban J connectivity index is 1.67. The van der Waals surface area contributed by atoms with Crippen LogP contribution in [0.25, 0.3) is 6.08 Å². The number of rotatable bonds is 4. The van der Waals surface area contributed by atoms with Crippen LogP contribution in [0, 0.1) is 6.92 Å². The van der Waals surface area contributed by atoms with Crippen molar-refractivity contribution in [3.05, 3.63) is 70.1 Å². The third-order valence-electron chi connectivity index (χ3n) is 5.72. The minimum atomic E-state index is 0.103. The summed E-state index contributed by atoms with van der Waals surface area (Å²) in [7, 11) is 0. The van der Waals surface area contributed by atoms with Gasteiger partial charge in [0.05, 0.1) is 10.6 Å². The first kappa shape index (κ1) is 20.0.